The lowest BCUT2D eigenvalue weighted by Gasteiger charge is -2.10. The number of aromatic nitrogens is 2. The fraction of sp³-hybridized carbons (Fsp3) is 0.0455. The predicted octanol–water partition coefficient (Wildman–Crippen LogP) is 5.62. The van der Waals surface area contributed by atoms with Crippen molar-refractivity contribution in [3.05, 3.63) is 95.6 Å². The molecule has 0 atom stereocenters. The molecule has 3 nitrogen and oxygen atoms in total. The number of para-hydroxylation sites is 1. The number of aromatic hydroxyl groups is 1. The first-order valence-corrected chi connectivity index (χ1v) is 8.74. The number of halogens is 1. The predicted molar refractivity (Wildman–Crippen MR) is 105 cm³/mol. The summed E-state index contributed by atoms with van der Waals surface area (Å²) < 4.78 is 1.82. The third-order valence-electron chi connectivity index (χ3n) is 4.30. The van der Waals surface area contributed by atoms with Gasteiger partial charge in [0.1, 0.15) is 5.75 Å². The van der Waals surface area contributed by atoms with E-state index in [4.69, 9.17) is 11.6 Å². The Kier molecular flexibility index (Phi) is 4.46. The monoisotopic (exact) mass is 360 g/mol. The van der Waals surface area contributed by atoms with Crippen molar-refractivity contribution in [3.8, 4) is 28.1 Å². The Morgan fingerprint density at radius 3 is 2.42 bits per heavy atom. The quantitative estimate of drug-likeness (QED) is 0.512. The van der Waals surface area contributed by atoms with E-state index in [-0.39, 0.29) is 0 Å². The van der Waals surface area contributed by atoms with Crippen LogP contribution in [0, 0.1) is 0 Å². The van der Waals surface area contributed by atoms with Crippen LogP contribution in [-0.4, -0.2) is 14.9 Å². The van der Waals surface area contributed by atoms with Gasteiger partial charge in [-0.1, -0.05) is 72.3 Å². The van der Waals surface area contributed by atoms with E-state index in [1.807, 2.05) is 89.7 Å². The highest BCUT2D eigenvalue weighted by Gasteiger charge is 2.10. The van der Waals surface area contributed by atoms with Crippen LogP contribution >= 0.6 is 11.6 Å². The van der Waals surface area contributed by atoms with E-state index in [1.54, 1.807) is 0 Å². The Hall–Kier alpha value is -3.04. The molecule has 0 spiro atoms. The van der Waals surface area contributed by atoms with E-state index in [0.717, 1.165) is 27.9 Å². The van der Waals surface area contributed by atoms with E-state index >= 15 is 0 Å². The van der Waals surface area contributed by atoms with Crippen LogP contribution in [0.25, 0.3) is 22.4 Å². The molecule has 0 amide bonds. The van der Waals surface area contributed by atoms with Crippen molar-refractivity contribution in [2.24, 2.45) is 0 Å². The molecule has 3 aromatic carbocycles. The largest absolute Gasteiger partial charge is 0.507 e. The lowest BCUT2D eigenvalue weighted by atomic mass is 10.0. The van der Waals surface area contributed by atoms with Crippen LogP contribution in [0.4, 0.5) is 0 Å². The van der Waals surface area contributed by atoms with Gasteiger partial charge in [-0.3, -0.25) is 4.68 Å². The zero-order valence-corrected chi connectivity index (χ0v) is 14.8. The van der Waals surface area contributed by atoms with E-state index in [2.05, 4.69) is 5.10 Å². The average molecular weight is 361 g/mol. The second-order valence-electron chi connectivity index (χ2n) is 6.09. The van der Waals surface area contributed by atoms with Gasteiger partial charge in [0.05, 0.1) is 12.2 Å². The first-order valence-electron chi connectivity index (χ1n) is 8.36. The van der Waals surface area contributed by atoms with Crippen LogP contribution in [-0.2, 0) is 6.54 Å². The Morgan fingerprint density at radius 1 is 0.846 bits per heavy atom. The lowest BCUT2D eigenvalue weighted by molar-refractivity contribution is 0.466. The Labute approximate surface area is 157 Å². The van der Waals surface area contributed by atoms with E-state index in [9.17, 15) is 5.11 Å². The summed E-state index contributed by atoms with van der Waals surface area (Å²) in [7, 11) is 0. The molecular formula is C22H17ClN2O. The highest BCUT2D eigenvalue weighted by atomic mass is 35.5. The van der Waals surface area contributed by atoms with Gasteiger partial charge in [-0.05, 0) is 23.8 Å². The molecule has 0 aliphatic heterocycles. The van der Waals surface area contributed by atoms with Crippen LogP contribution in [0.1, 0.15) is 5.56 Å². The summed E-state index contributed by atoms with van der Waals surface area (Å²) in [6, 6.07) is 25.2. The molecular weight excluding hydrogens is 344 g/mol. The van der Waals surface area contributed by atoms with Crippen LogP contribution in [0.3, 0.4) is 0 Å². The van der Waals surface area contributed by atoms with Gasteiger partial charge in [-0.2, -0.15) is 5.10 Å². The Balaban J connectivity index is 1.63. The Bertz CT molecular complexity index is 1040. The summed E-state index contributed by atoms with van der Waals surface area (Å²) in [4.78, 5) is 0. The van der Waals surface area contributed by atoms with Crippen LogP contribution in [0.2, 0.25) is 5.02 Å². The minimum absolute atomic E-state index is 0.290. The third kappa shape index (κ3) is 3.35. The maximum Gasteiger partial charge on any atom is 0.128 e. The molecule has 1 N–H and O–H groups in total. The number of rotatable bonds is 4. The SMILES string of the molecule is Oc1c(Cn2ccc(-c3cccc(Cl)c3)n2)cccc1-c1ccccc1. The van der Waals surface area contributed by atoms with Crippen molar-refractivity contribution in [3.63, 3.8) is 0 Å². The summed E-state index contributed by atoms with van der Waals surface area (Å²) in [5.41, 5.74) is 4.47. The maximum absolute atomic E-state index is 10.7. The number of phenolic OH excluding ortho intramolecular Hbond substituents is 1. The maximum atomic E-state index is 10.7. The molecule has 0 saturated heterocycles. The van der Waals surface area contributed by atoms with Crippen molar-refractivity contribution >= 4 is 11.6 Å². The number of hydrogen-bond donors (Lipinski definition) is 1. The number of phenols is 1. The number of benzene rings is 3. The van der Waals surface area contributed by atoms with Gasteiger partial charge in [0.25, 0.3) is 0 Å². The second-order valence-corrected chi connectivity index (χ2v) is 6.52. The Morgan fingerprint density at radius 2 is 1.62 bits per heavy atom. The molecule has 26 heavy (non-hydrogen) atoms. The minimum atomic E-state index is 0.290. The molecule has 0 bridgehead atoms. The molecule has 0 fully saturated rings. The summed E-state index contributed by atoms with van der Waals surface area (Å²) >= 11 is 6.06. The zero-order valence-electron chi connectivity index (χ0n) is 14.0. The van der Waals surface area contributed by atoms with Gasteiger partial charge >= 0.3 is 0 Å². The standard InChI is InChI=1S/C22H17ClN2O/c23-19-10-4-8-17(14-19)21-12-13-25(24-21)15-18-9-5-11-20(22(18)26)16-6-2-1-3-7-16/h1-14,26H,15H2. The van der Waals surface area contributed by atoms with Crippen molar-refractivity contribution in [2.45, 2.75) is 6.54 Å². The summed E-state index contributed by atoms with van der Waals surface area (Å²) in [6.07, 6.45) is 1.91. The lowest BCUT2D eigenvalue weighted by Crippen LogP contribution is -2.01. The van der Waals surface area contributed by atoms with Crippen molar-refractivity contribution in [2.75, 3.05) is 0 Å². The normalized spacial score (nSPS) is 10.8. The zero-order chi connectivity index (χ0) is 17.9. The van der Waals surface area contributed by atoms with Crippen molar-refractivity contribution in [1.82, 2.24) is 9.78 Å². The first kappa shape index (κ1) is 16.4. The highest BCUT2D eigenvalue weighted by Crippen LogP contribution is 2.32. The van der Waals surface area contributed by atoms with Gasteiger partial charge in [0.15, 0.2) is 0 Å². The van der Waals surface area contributed by atoms with Gasteiger partial charge in [0.2, 0.25) is 0 Å². The van der Waals surface area contributed by atoms with Gasteiger partial charge < -0.3 is 5.11 Å². The van der Waals surface area contributed by atoms with Crippen molar-refractivity contribution in [1.29, 1.82) is 0 Å². The fourth-order valence-electron chi connectivity index (χ4n) is 3.00. The molecule has 1 heterocycles. The van der Waals surface area contributed by atoms with E-state index in [1.165, 1.54) is 0 Å². The molecule has 0 aliphatic carbocycles. The van der Waals surface area contributed by atoms with Crippen LogP contribution < -0.4 is 0 Å². The molecule has 1 aromatic heterocycles. The van der Waals surface area contributed by atoms with Gasteiger partial charge in [-0.25, -0.2) is 0 Å². The molecule has 4 heteroatoms. The average Bonchev–Trinajstić information content (AvgIpc) is 3.13. The summed E-state index contributed by atoms with van der Waals surface area (Å²) in [6.45, 7) is 0.493. The number of hydrogen-bond acceptors (Lipinski definition) is 2. The molecule has 0 radical (unpaired) electrons. The van der Waals surface area contributed by atoms with E-state index in [0.29, 0.717) is 17.3 Å². The summed E-state index contributed by atoms with van der Waals surface area (Å²) in [5, 5.41) is 16.0. The molecule has 0 unspecified atom stereocenters. The fourth-order valence-corrected chi connectivity index (χ4v) is 3.19. The van der Waals surface area contributed by atoms with E-state index < -0.39 is 0 Å². The molecule has 4 aromatic rings. The van der Waals surface area contributed by atoms with Crippen molar-refractivity contribution < 1.29 is 5.11 Å². The summed E-state index contributed by atoms with van der Waals surface area (Å²) in [5.74, 6) is 0.290. The molecule has 0 aliphatic rings. The molecule has 128 valence electrons. The molecule has 0 saturated carbocycles. The topological polar surface area (TPSA) is 38.0 Å². The minimum Gasteiger partial charge on any atom is -0.507 e. The molecule has 4 rings (SSSR count). The first-order chi connectivity index (χ1) is 12.7. The third-order valence-corrected chi connectivity index (χ3v) is 4.53. The van der Waals surface area contributed by atoms with Gasteiger partial charge in [-0.15, -0.1) is 0 Å². The van der Waals surface area contributed by atoms with Crippen LogP contribution in [0.5, 0.6) is 5.75 Å². The number of nitrogens with zero attached hydrogens (tertiary/aromatic N) is 2. The highest BCUT2D eigenvalue weighted by molar-refractivity contribution is 6.30. The second kappa shape index (κ2) is 7.06. The smallest absolute Gasteiger partial charge is 0.128 e. The van der Waals surface area contributed by atoms with Gasteiger partial charge in [0, 0.05) is 27.9 Å². The van der Waals surface area contributed by atoms with Crippen LogP contribution in [0.15, 0.2) is 85.1 Å².